The van der Waals surface area contributed by atoms with Crippen LogP contribution in [0.25, 0.3) is 0 Å². The lowest BCUT2D eigenvalue weighted by atomic mass is 10.2. The van der Waals surface area contributed by atoms with E-state index in [1.807, 2.05) is 0 Å². The van der Waals surface area contributed by atoms with Gasteiger partial charge in [-0.15, -0.1) is 0 Å². The molecular weight excluding hydrogens is 262 g/mol. The van der Waals surface area contributed by atoms with Crippen molar-refractivity contribution in [2.45, 2.75) is 31.7 Å². The molecule has 1 aromatic rings. The molecule has 0 aromatic carbocycles. The van der Waals surface area contributed by atoms with E-state index in [1.165, 1.54) is 25.7 Å². The van der Waals surface area contributed by atoms with Crippen molar-refractivity contribution in [2.75, 3.05) is 37.8 Å². The van der Waals surface area contributed by atoms with Gasteiger partial charge in [-0.2, -0.15) is 0 Å². The molecule has 20 heavy (non-hydrogen) atoms. The van der Waals surface area contributed by atoms with E-state index in [2.05, 4.69) is 27.6 Å². The maximum absolute atomic E-state index is 13.6. The van der Waals surface area contributed by atoms with Gasteiger partial charge in [0.15, 0.2) is 23.3 Å². The number of halogens is 2. The van der Waals surface area contributed by atoms with Crippen LogP contribution in [0, 0.1) is 11.6 Å². The smallest absolute Gasteiger partial charge is 0.168 e. The Hall–Kier alpha value is -1.43. The Morgan fingerprint density at radius 2 is 1.90 bits per heavy atom. The second-order valence-electron chi connectivity index (χ2n) is 5.24. The molecule has 0 bridgehead atoms. The van der Waals surface area contributed by atoms with Crippen molar-refractivity contribution in [1.82, 2.24) is 9.88 Å². The predicted molar refractivity (Wildman–Crippen MR) is 77.1 cm³/mol. The first-order valence-electron chi connectivity index (χ1n) is 7.09. The average molecular weight is 284 g/mol. The molecular formula is C14H22F2N4. The molecule has 2 N–H and O–H groups in total. The van der Waals surface area contributed by atoms with Crippen LogP contribution >= 0.6 is 0 Å². The minimum atomic E-state index is -0.682. The molecule has 0 aliphatic heterocycles. The second kappa shape index (κ2) is 6.83. The number of anilines is 2. The topological polar surface area (TPSA) is 40.2 Å². The molecule has 0 radical (unpaired) electrons. The highest BCUT2D eigenvalue weighted by atomic mass is 19.1. The number of aromatic nitrogens is 1. The summed E-state index contributed by atoms with van der Waals surface area (Å²) in [6.07, 6.45) is 5.07. The lowest BCUT2D eigenvalue weighted by Crippen LogP contribution is -2.33. The highest BCUT2D eigenvalue weighted by Gasteiger charge is 2.19. The first kappa shape index (κ1) is 15.0. The monoisotopic (exact) mass is 284 g/mol. The lowest BCUT2D eigenvalue weighted by Gasteiger charge is -2.24. The SMILES string of the molecule is CNc1nc(NCCN(C)C2CCCC2)c(F)cc1F. The van der Waals surface area contributed by atoms with Gasteiger partial charge in [-0.25, -0.2) is 13.8 Å². The summed E-state index contributed by atoms with van der Waals surface area (Å²) in [5.41, 5.74) is 0. The Bertz CT molecular complexity index is 447. The molecule has 0 spiro atoms. The standard InChI is InChI=1S/C14H22F2N4/c1-17-13-11(15)9-12(16)14(19-13)18-7-8-20(2)10-5-3-4-6-10/h9-10H,3-8H2,1-2H3,(H2,17,18,19). The van der Waals surface area contributed by atoms with E-state index in [1.54, 1.807) is 7.05 Å². The Kier molecular flexibility index (Phi) is 5.11. The van der Waals surface area contributed by atoms with Gasteiger partial charge >= 0.3 is 0 Å². The summed E-state index contributed by atoms with van der Waals surface area (Å²) >= 11 is 0. The molecule has 0 unspecified atom stereocenters. The molecule has 1 aliphatic rings. The van der Waals surface area contributed by atoms with Gasteiger partial charge in [0, 0.05) is 32.2 Å². The van der Waals surface area contributed by atoms with Gasteiger partial charge in [0.05, 0.1) is 0 Å². The van der Waals surface area contributed by atoms with Gasteiger partial charge in [-0.1, -0.05) is 12.8 Å². The minimum absolute atomic E-state index is 0.0537. The van der Waals surface area contributed by atoms with Crippen LogP contribution in [-0.4, -0.2) is 43.1 Å². The van der Waals surface area contributed by atoms with E-state index in [4.69, 9.17) is 0 Å². The number of hydrogen-bond donors (Lipinski definition) is 2. The quantitative estimate of drug-likeness (QED) is 0.842. The Balaban J connectivity index is 1.87. The van der Waals surface area contributed by atoms with Crippen molar-refractivity contribution in [1.29, 1.82) is 0 Å². The lowest BCUT2D eigenvalue weighted by molar-refractivity contribution is 0.254. The molecule has 1 heterocycles. The summed E-state index contributed by atoms with van der Waals surface area (Å²) in [6.45, 7) is 1.41. The fourth-order valence-corrected chi connectivity index (χ4v) is 2.64. The zero-order valence-corrected chi connectivity index (χ0v) is 12.0. The Labute approximate surface area is 118 Å². The molecule has 1 aliphatic carbocycles. The summed E-state index contributed by atoms with van der Waals surface area (Å²) in [6, 6.07) is 1.48. The van der Waals surface area contributed by atoms with Crippen molar-refractivity contribution in [3.8, 4) is 0 Å². The van der Waals surface area contributed by atoms with Gasteiger partial charge in [-0.3, -0.25) is 0 Å². The highest BCUT2D eigenvalue weighted by Crippen LogP contribution is 2.22. The van der Waals surface area contributed by atoms with Gasteiger partial charge in [0.1, 0.15) is 0 Å². The first-order valence-corrected chi connectivity index (χ1v) is 7.09. The third-order valence-corrected chi connectivity index (χ3v) is 3.87. The summed E-state index contributed by atoms with van der Waals surface area (Å²) < 4.78 is 26.9. The molecule has 2 rings (SSSR count). The van der Waals surface area contributed by atoms with E-state index >= 15 is 0 Å². The van der Waals surface area contributed by atoms with Crippen LogP contribution in [0.15, 0.2) is 6.07 Å². The predicted octanol–water partition coefficient (Wildman–Crippen LogP) is 2.69. The number of likely N-dealkylation sites (N-methyl/N-ethyl adjacent to an activating group) is 1. The molecule has 0 atom stereocenters. The van der Waals surface area contributed by atoms with E-state index < -0.39 is 11.6 Å². The summed E-state index contributed by atoms with van der Waals surface area (Å²) in [5.74, 6) is -1.20. The number of hydrogen-bond acceptors (Lipinski definition) is 4. The van der Waals surface area contributed by atoms with Crippen LogP contribution < -0.4 is 10.6 Å². The summed E-state index contributed by atoms with van der Waals surface area (Å²) in [5, 5.41) is 5.54. The third-order valence-electron chi connectivity index (χ3n) is 3.87. The number of nitrogens with zero attached hydrogens (tertiary/aromatic N) is 2. The molecule has 6 heteroatoms. The van der Waals surface area contributed by atoms with Gasteiger partial charge in [-0.05, 0) is 19.9 Å². The third kappa shape index (κ3) is 3.56. The molecule has 0 saturated heterocycles. The second-order valence-corrected chi connectivity index (χ2v) is 5.24. The summed E-state index contributed by atoms with van der Waals surface area (Å²) in [7, 11) is 3.64. The van der Waals surface area contributed by atoms with Gasteiger partial charge in [0.2, 0.25) is 0 Å². The number of pyridine rings is 1. The molecule has 1 fully saturated rings. The fourth-order valence-electron chi connectivity index (χ4n) is 2.64. The average Bonchev–Trinajstić information content (AvgIpc) is 2.95. The van der Waals surface area contributed by atoms with Crippen molar-refractivity contribution < 1.29 is 8.78 Å². The van der Waals surface area contributed by atoms with E-state index in [-0.39, 0.29) is 11.6 Å². The van der Waals surface area contributed by atoms with Crippen LogP contribution in [0.5, 0.6) is 0 Å². The van der Waals surface area contributed by atoms with Crippen LogP contribution in [0.1, 0.15) is 25.7 Å². The number of rotatable bonds is 6. The normalized spacial score (nSPS) is 15.8. The first-order chi connectivity index (χ1) is 9.61. The van der Waals surface area contributed by atoms with E-state index in [0.29, 0.717) is 12.6 Å². The molecule has 4 nitrogen and oxygen atoms in total. The Morgan fingerprint density at radius 1 is 1.25 bits per heavy atom. The van der Waals surface area contributed by atoms with Crippen molar-refractivity contribution in [3.05, 3.63) is 17.7 Å². The molecule has 112 valence electrons. The van der Waals surface area contributed by atoms with Crippen molar-refractivity contribution in [3.63, 3.8) is 0 Å². The maximum atomic E-state index is 13.6. The van der Waals surface area contributed by atoms with Crippen LogP contribution in [0.2, 0.25) is 0 Å². The highest BCUT2D eigenvalue weighted by molar-refractivity contribution is 5.47. The minimum Gasteiger partial charge on any atom is -0.371 e. The van der Waals surface area contributed by atoms with Crippen molar-refractivity contribution >= 4 is 11.6 Å². The van der Waals surface area contributed by atoms with Crippen LogP contribution in [0.3, 0.4) is 0 Å². The van der Waals surface area contributed by atoms with Gasteiger partial charge < -0.3 is 15.5 Å². The van der Waals surface area contributed by atoms with Gasteiger partial charge in [0.25, 0.3) is 0 Å². The van der Waals surface area contributed by atoms with E-state index in [9.17, 15) is 8.78 Å². The fraction of sp³-hybridized carbons (Fsp3) is 0.643. The van der Waals surface area contributed by atoms with Crippen LogP contribution in [-0.2, 0) is 0 Å². The van der Waals surface area contributed by atoms with Crippen LogP contribution in [0.4, 0.5) is 20.4 Å². The number of nitrogens with one attached hydrogen (secondary N) is 2. The van der Waals surface area contributed by atoms with Crippen molar-refractivity contribution in [2.24, 2.45) is 0 Å². The zero-order valence-electron chi connectivity index (χ0n) is 12.0. The summed E-state index contributed by atoms with van der Waals surface area (Å²) in [4.78, 5) is 6.19. The molecule has 1 aromatic heterocycles. The zero-order chi connectivity index (χ0) is 14.5. The van der Waals surface area contributed by atoms with E-state index in [0.717, 1.165) is 12.6 Å². The molecule has 0 amide bonds. The maximum Gasteiger partial charge on any atom is 0.168 e. The molecule has 1 saturated carbocycles. The Morgan fingerprint density at radius 3 is 2.55 bits per heavy atom. The largest absolute Gasteiger partial charge is 0.371 e.